The molecule has 1 rings (SSSR count). The van der Waals surface area contributed by atoms with Crippen molar-refractivity contribution in [2.45, 2.75) is 45.3 Å². The highest BCUT2D eigenvalue weighted by atomic mass is 32.2. The fourth-order valence-electron chi connectivity index (χ4n) is 2.08. The summed E-state index contributed by atoms with van der Waals surface area (Å²) in [5.74, 6) is 0. The molecule has 106 valence electrons. The van der Waals surface area contributed by atoms with Gasteiger partial charge >= 0.3 is 16.3 Å². The number of aliphatic hydroxyl groups excluding tert-OH is 1. The lowest BCUT2D eigenvalue weighted by atomic mass is 10.1. The molecule has 0 saturated carbocycles. The molecule has 0 aromatic heterocycles. The van der Waals surface area contributed by atoms with E-state index in [-0.39, 0.29) is 12.6 Å². The molecular formula is C10H20N2O5S. The van der Waals surface area contributed by atoms with E-state index in [2.05, 4.69) is 4.74 Å². The lowest BCUT2D eigenvalue weighted by Crippen LogP contribution is -2.46. The minimum Gasteiger partial charge on any atom is -0.449 e. The van der Waals surface area contributed by atoms with Gasteiger partial charge in [-0.3, -0.25) is 0 Å². The molecular weight excluding hydrogens is 260 g/mol. The topological polar surface area (TPSA) is 95.9 Å². The number of nitrogens with zero attached hydrogens (tertiary/aromatic N) is 1. The van der Waals surface area contributed by atoms with Gasteiger partial charge in [0, 0.05) is 12.6 Å². The normalized spacial score (nSPS) is 22.7. The van der Waals surface area contributed by atoms with Crippen LogP contribution in [0.25, 0.3) is 0 Å². The first-order chi connectivity index (χ1) is 8.36. The van der Waals surface area contributed by atoms with Gasteiger partial charge in [0.15, 0.2) is 0 Å². The molecule has 0 spiro atoms. The molecule has 0 radical (unpaired) electrons. The predicted molar refractivity (Wildman–Crippen MR) is 65.1 cm³/mol. The molecule has 1 heterocycles. The smallest absolute Gasteiger partial charge is 0.421 e. The van der Waals surface area contributed by atoms with Gasteiger partial charge in [0.25, 0.3) is 0 Å². The standard InChI is InChI=1S/C10H20N2O5S/c1-3-17-10(14)11-18(15,16)12-6-4-5-9(12)7-8(2)13/h8-9,13H,3-7H2,1-2H3,(H,11,14). The number of hydrogen-bond acceptors (Lipinski definition) is 5. The van der Waals surface area contributed by atoms with Gasteiger partial charge in [-0.2, -0.15) is 12.7 Å². The molecule has 1 aliphatic rings. The monoisotopic (exact) mass is 280 g/mol. The summed E-state index contributed by atoms with van der Waals surface area (Å²) in [5, 5.41) is 9.33. The number of carbonyl (C=O) groups excluding carboxylic acids is 1. The van der Waals surface area contributed by atoms with Crippen molar-refractivity contribution in [2.75, 3.05) is 13.2 Å². The van der Waals surface area contributed by atoms with Gasteiger partial charge in [-0.1, -0.05) is 0 Å². The molecule has 0 aromatic rings. The number of hydrogen-bond donors (Lipinski definition) is 2. The highest BCUT2D eigenvalue weighted by Crippen LogP contribution is 2.23. The summed E-state index contributed by atoms with van der Waals surface area (Å²) in [4.78, 5) is 11.2. The molecule has 8 heteroatoms. The Morgan fingerprint density at radius 1 is 1.61 bits per heavy atom. The van der Waals surface area contributed by atoms with Crippen molar-refractivity contribution in [3.8, 4) is 0 Å². The van der Waals surface area contributed by atoms with Crippen LogP contribution in [0.4, 0.5) is 4.79 Å². The summed E-state index contributed by atoms with van der Waals surface area (Å²) in [6, 6.07) is -0.267. The van der Waals surface area contributed by atoms with E-state index in [4.69, 9.17) is 0 Å². The number of nitrogens with one attached hydrogen (secondary N) is 1. The summed E-state index contributed by atoms with van der Waals surface area (Å²) >= 11 is 0. The number of aliphatic hydroxyl groups is 1. The van der Waals surface area contributed by atoms with Gasteiger partial charge in [0.1, 0.15) is 0 Å². The molecule has 1 fully saturated rings. The van der Waals surface area contributed by atoms with Crippen molar-refractivity contribution in [3.63, 3.8) is 0 Å². The van der Waals surface area contributed by atoms with E-state index < -0.39 is 22.4 Å². The maximum Gasteiger partial charge on any atom is 0.421 e. The summed E-state index contributed by atoms with van der Waals surface area (Å²) in [5.41, 5.74) is 0. The van der Waals surface area contributed by atoms with E-state index in [9.17, 15) is 18.3 Å². The van der Waals surface area contributed by atoms with Gasteiger partial charge in [-0.15, -0.1) is 0 Å². The minimum atomic E-state index is -3.88. The molecule has 0 aromatic carbocycles. The molecule has 0 bridgehead atoms. The zero-order valence-corrected chi connectivity index (χ0v) is 11.4. The Labute approximate surface area is 107 Å². The zero-order chi connectivity index (χ0) is 13.8. The van der Waals surface area contributed by atoms with Crippen molar-refractivity contribution in [3.05, 3.63) is 0 Å². The zero-order valence-electron chi connectivity index (χ0n) is 10.6. The van der Waals surface area contributed by atoms with Crippen molar-refractivity contribution >= 4 is 16.3 Å². The highest BCUT2D eigenvalue weighted by molar-refractivity contribution is 7.87. The largest absolute Gasteiger partial charge is 0.449 e. The second-order valence-corrected chi connectivity index (χ2v) is 5.94. The minimum absolute atomic E-state index is 0.110. The molecule has 1 amide bonds. The lowest BCUT2D eigenvalue weighted by Gasteiger charge is -2.24. The third-order valence-corrected chi connectivity index (χ3v) is 4.26. The Morgan fingerprint density at radius 3 is 2.83 bits per heavy atom. The Hall–Kier alpha value is -0.860. The number of amides is 1. The van der Waals surface area contributed by atoms with Crippen LogP contribution in [0.15, 0.2) is 0 Å². The van der Waals surface area contributed by atoms with Crippen molar-refractivity contribution in [1.29, 1.82) is 0 Å². The van der Waals surface area contributed by atoms with Crippen LogP contribution < -0.4 is 4.72 Å². The van der Waals surface area contributed by atoms with Crippen molar-refractivity contribution in [1.82, 2.24) is 9.03 Å². The van der Waals surface area contributed by atoms with Gasteiger partial charge < -0.3 is 9.84 Å². The van der Waals surface area contributed by atoms with E-state index >= 15 is 0 Å². The van der Waals surface area contributed by atoms with Gasteiger partial charge in [-0.25, -0.2) is 9.52 Å². The summed E-state index contributed by atoms with van der Waals surface area (Å²) in [6.45, 7) is 3.67. The third kappa shape index (κ3) is 4.11. The average Bonchev–Trinajstić information content (AvgIpc) is 2.64. The van der Waals surface area contributed by atoms with Crippen molar-refractivity contribution in [2.24, 2.45) is 0 Å². The lowest BCUT2D eigenvalue weighted by molar-refractivity contribution is 0.153. The van der Waals surface area contributed by atoms with E-state index in [1.54, 1.807) is 13.8 Å². The van der Waals surface area contributed by atoms with E-state index in [1.807, 2.05) is 4.72 Å². The first-order valence-corrected chi connectivity index (χ1v) is 7.45. The van der Waals surface area contributed by atoms with Crippen LogP contribution in [0.1, 0.15) is 33.1 Å². The Morgan fingerprint density at radius 2 is 2.28 bits per heavy atom. The molecule has 1 aliphatic heterocycles. The number of carbonyl (C=O) groups is 1. The Balaban J connectivity index is 2.68. The van der Waals surface area contributed by atoms with E-state index in [0.717, 1.165) is 6.42 Å². The van der Waals surface area contributed by atoms with Crippen LogP contribution >= 0.6 is 0 Å². The molecule has 0 aliphatic carbocycles. The average molecular weight is 280 g/mol. The molecule has 18 heavy (non-hydrogen) atoms. The first-order valence-electron chi connectivity index (χ1n) is 6.01. The van der Waals surface area contributed by atoms with E-state index in [1.165, 1.54) is 4.31 Å². The summed E-state index contributed by atoms with van der Waals surface area (Å²) < 4.78 is 31.5. The van der Waals surface area contributed by atoms with Crippen LogP contribution in [-0.2, 0) is 14.9 Å². The molecule has 2 N–H and O–H groups in total. The van der Waals surface area contributed by atoms with Crippen LogP contribution in [0.5, 0.6) is 0 Å². The van der Waals surface area contributed by atoms with Gasteiger partial charge in [-0.05, 0) is 33.1 Å². The van der Waals surface area contributed by atoms with Gasteiger partial charge in [0.2, 0.25) is 0 Å². The van der Waals surface area contributed by atoms with Crippen LogP contribution in [0, 0.1) is 0 Å². The van der Waals surface area contributed by atoms with Crippen LogP contribution in [0.3, 0.4) is 0 Å². The highest BCUT2D eigenvalue weighted by Gasteiger charge is 2.35. The maximum absolute atomic E-state index is 11.9. The molecule has 2 atom stereocenters. The van der Waals surface area contributed by atoms with Gasteiger partial charge in [0.05, 0.1) is 12.7 Å². The number of rotatable bonds is 5. The molecule has 2 unspecified atom stereocenters. The quantitative estimate of drug-likeness (QED) is 0.750. The summed E-state index contributed by atoms with van der Waals surface area (Å²) in [6.07, 6.45) is 0.230. The summed E-state index contributed by atoms with van der Waals surface area (Å²) in [7, 11) is -3.88. The van der Waals surface area contributed by atoms with Crippen LogP contribution in [-0.4, -0.2) is 49.2 Å². The maximum atomic E-state index is 11.9. The third-order valence-electron chi connectivity index (χ3n) is 2.73. The first kappa shape index (κ1) is 15.2. The second-order valence-electron chi connectivity index (χ2n) is 4.32. The fraction of sp³-hybridized carbons (Fsp3) is 0.900. The SMILES string of the molecule is CCOC(=O)NS(=O)(=O)N1CCCC1CC(C)O. The molecule has 1 saturated heterocycles. The fourth-order valence-corrected chi connectivity index (χ4v) is 3.42. The van der Waals surface area contributed by atoms with Crippen molar-refractivity contribution < 1.29 is 23.1 Å². The second kappa shape index (κ2) is 6.35. The Kier molecular flexibility index (Phi) is 5.36. The molecule has 7 nitrogen and oxygen atoms in total. The Bertz CT molecular complexity index is 382. The van der Waals surface area contributed by atoms with Crippen LogP contribution in [0.2, 0.25) is 0 Å². The predicted octanol–water partition coefficient (Wildman–Crippen LogP) is 0.213. The van der Waals surface area contributed by atoms with E-state index in [0.29, 0.717) is 19.4 Å². The number of ether oxygens (including phenoxy) is 1.